The second-order valence-electron chi connectivity index (χ2n) is 9.64. The maximum Gasteiger partial charge on any atom is 0.490 e. The molecule has 1 heterocycles. The number of fused-ring (bicyclic) bond motifs is 1. The van der Waals surface area contributed by atoms with Crippen LogP contribution in [0.3, 0.4) is 0 Å². The third kappa shape index (κ3) is 8.78. The summed E-state index contributed by atoms with van der Waals surface area (Å²) in [6, 6.07) is 16.7. The number of carboxylic acids is 1. The summed E-state index contributed by atoms with van der Waals surface area (Å²) in [6.07, 6.45) is -0.905. The first-order chi connectivity index (χ1) is 18.9. The number of anilines is 2. The molecule has 1 fully saturated rings. The van der Waals surface area contributed by atoms with Crippen molar-refractivity contribution in [1.29, 1.82) is 0 Å². The highest BCUT2D eigenvalue weighted by molar-refractivity contribution is 7.89. The van der Waals surface area contributed by atoms with Gasteiger partial charge in [0.15, 0.2) is 0 Å². The number of carbonyl (C=O) groups is 1. The van der Waals surface area contributed by atoms with Crippen molar-refractivity contribution in [2.24, 2.45) is 11.8 Å². The summed E-state index contributed by atoms with van der Waals surface area (Å²) in [5, 5.41) is 11.6. The van der Waals surface area contributed by atoms with Crippen molar-refractivity contribution in [2.45, 2.75) is 43.7 Å². The van der Waals surface area contributed by atoms with Gasteiger partial charge in [-0.25, -0.2) is 22.9 Å². The van der Waals surface area contributed by atoms with Crippen LogP contribution in [0.4, 0.5) is 24.9 Å². The Morgan fingerprint density at radius 1 is 0.975 bits per heavy atom. The maximum absolute atomic E-state index is 12.5. The first-order valence-corrected chi connectivity index (χ1v) is 14.5. The monoisotopic (exact) mass is 581 g/mol. The number of nitrogens with zero attached hydrogens (tertiary/aromatic N) is 3. The Morgan fingerprint density at radius 3 is 2.10 bits per heavy atom. The largest absolute Gasteiger partial charge is 0.490 e. The van der Waals surface area contributed by atoms with Gasteiger partial charge in [0.2, 0.25) is 16.0 Å². The number of hydrogen-bond donors (Lipinski definition) is 3. The number of sulfonamides is 1. The molecule has 3 N–H and O–H groups in total. The smallest absolute Gasteiger partial charge is 0.475 e. The van der Waals surface area contributed by atoms with Crippen LogP contribution in [-0.2, 0) is 14.8 Å². The van der Waals surface area contributed by atoms with Crippen LogP contribution in [0.1, 0.15) is 32.6 Å². The molecule has 40 heavy (non-hydrogen) atoms. The molecule has 218 valence electrons. The van der Waals surface area contributed by atoms with E-state index in [-0.39, 0.29) is 0 Å². The highest BCUT2D eigenvalue weighted by Gasteiger charge is 2.38. The van der Waals surface area contributed by atoms with Gasteiger partial charge in [-0.2, -0.15) is 18.2 Å². The predicted octanol–water partition coefficient (Wildman–Crippen LogP) is 4.92. The first-order valence-electron chi connectivity index (χ1n) is 13.0. The predicted molar refractivity (Wildman–Crippen MR) is 148 cm³/mol. The third-order valence-electron chi connectivity index (χ3n) is 6.79. The Bertz CT molecular complexity index is 1370. The summed E-state index contributed by atoms with van der Waals surface area (Å²) in [4.78, 5) is 20.9. The van der Waals surface area contributed by atoms with Crippen LogP contribution in [0.25, 0.3) is 10.9 Å². The molecule has 13 heteroatoms. The van der Waals surface area contributed by atoms with Crippen molar-refractivity contribution >= 4 is 38.7 Å². The van der Waals surface area contributed by atoms with Crippen molar-refractivity contribution in [3.05, 3.63) is 54.6 Å². The van der Waals surface area contributed by atoms with Crippen LogP contribution in [0.15, 0.2) is 59.5 Å². The standard InChI is InChI=1S/C25H33N5O2S.C2HF3O2/c1-3-30(2)24-22-11-7-8-12-23(22)28-25(29-24)26-17-19-13-15-20(16-14-19)18-27-33(31,32)21-9-5-4-6-10-21;3-2(4,5)1(6)7/h4-12,19-20,27H,3,13-18H2,1-2H3,(H,26,28,29);(H,6,7). The van der Waals surface area contributed by atoms with Crippen LogP contribution in [0.5, 0.6) is 0 Å². The summed E-state index contributed by atoms with van der Waals surface area (Å²) in [6.45, 7) is 4.31. The summed E-state index contributed by atoms with van der Waals surface area (Å²) in [5.74, 6) is -0.231. The lowest BCUT2D eigenvalue weighted by Crippen LogP contribution is -2.32. The second kappa shape index (κ2) is 13.8. The molecule has 0 amide bonds. The van der Waals surface area contributed by atoms with Crippen molar-refractivity contribution in [3.8, 4) is 0 Å². The van der Waals surface area contributed by atoms with E-state index >= 15 is 0 Å². The van der Waals surface area contributed by atoms with Crippen molar-refractivity contribution in [3.63, 3.8) is 0 Å². The molecule has 0 atom stereocenters. The lowest BCUT2D eigenvalue weighted by Gasteiger charge is -2.29. The van der Waals surface area contributed by atoms with Gasteiger partial charge < -0.3 is 15.3 Å². The second-order valence-corrected chi connectivity index (χ2v) is 11.4. The number of aliphatic carboxylic acids is 1. The molecule has 1 aromatic heterocycles. The number of para-hydroxylation sites is 1. The quantitative estimate of drug-likeness (QED) is 0.326. The highest BCUT2D eigenvalue weighted by atomic mass is 32.2. The van der Waals surface area contributed by atoms with E-state index in [1.807, 2.05) is 31.3 Å². The first kappa shape index (κ1) is 31.1. The molecule has 0 aliphatic heterocycles. The Hall–Kier alpha value is -3.45. The molecule has 0 saturated heterocycles. The molecular weight excluding hydrogens is 547 g/mol. The van der Waals surface area contributed by atoms with Crippen LogP contribution >= 0.6 is 0 Å². The number of halogens is 3. The molecule has 0 bridgehead atoms. The Labute approximate surface area is 231 Å². The normalized spacial score (nSPS) is 17.5. The molecule has 9 nitrogen and oxygen atoms in total. The average Bonchev–Trinajstić information content (AvgIpc) is 2.95. The van der Waals surface area contributed by atoms with Gasteiger partial charge in [0, 0.05) is 32.1 Å². The van der Waals surface area contributed by atoms with E-state index < -0.39 is 22.2 Å². The number of benzene rings is 2. The van der Waals surface area contributed by atoms with E-state index in [9.17, 15) is 21.6 Å². The molecule has 1 saturated carbocycles. The SMILES string of the molecule is CCN(C)c1nc(NCC2CCC(CNS(=O)(=O)c3ccccc3)CC2)nc2ccccc12.O=C(O)C(F)(F)F. The number of carboxylic acid groups (broad SMARTS) is 1. The van der Waals surface area contributed by atoms with Crippen LogP contribution in [-0.4, -0.2) is 62.3 Å². The van der Waals surface area contributed by atoms with E-state index in [0.717, 1.165) is 55.5 Å². The van der Waals surface area contributed by atoms with Crippen molar-refractivity contribution in [1.82, 2.24) is 14.7 Å². The number of rotatable bonds is 9. The van der Waals surface area contributed by atoms with Gasteiger partial charge in [-0.1, -0.05) is 30.3 Å². The van der Waals surface area contributed by atoms with Crippen molar-refractivity contribution in [2.75, 3.05) is 36.9 Å². The van der Waals surface area contributed by atoms with Gasteiger partial charge in [-0.05, 0) is 68.7 Å². The highest BCUT2D eigenvalue weighted by Crippen LogP contribution is 2.30. The Balaban J connectivity index is 0.000000559. The van der Waals surface area contributed by atoms with Gasteiger partial charge in [0.05, 0.1) is 10.4 Å². The fourth-order valence-electron chi connectivity index (χ4n) is 4.37. The van der Waals surface area contributed by atoms with E-state index in [1.165, 1.54) is 0 Å². The molecule has 0 radical (unpaired) electrons. The topological polar surface area (TPSA) is 125 Å². The lowest BCUT2D eigenvalue weighted by atomic mass is 9.82. The van der Waals surface area contributed by atoms with E-state index in [1.54, 1.807) is 24.3 Å². The van der Waals surface area contributed by atoms with E-state index in [0.29, 0.717) is 29.2 Å². The lowest BCUT2D eigenvalue weighted by molar-refractivity contribution is -0.192. The third-order valence-corrected chi connectivity index (χ3v) is 8.23. The molecule has 0 spiro atoms. The summed E-state index contributed by atoms with van der Waals surface area (Å²) in [5.41, 5.74) is 0.944. The maximum atomic E-state index is 12.5. The molecule has 1 aliphatic carbocycles. The molecular formula is C27H34F3N5O4S. The van der Waals surface area contributed by atoms with Gasteiger partial charge in [-0.15, -0.1) is 0 Å². The van der Waals surface area contributed by atoms with Crippen LogP contribution < -0.4 is 14.9 Å². The van der Waals surface area contributed by atoms with E-state index in [2.05, 4.69) is 27.9 Å². The molecule has 2 aromatic carbocycles. The zero-order chi connectivity index (χ0) is 29.3. The average molecular weight is 582 g/mol. The zero-order valence-corrected chi connectivity index (χ0v) is 23.2. The summed E-state index contributed by atoms with van der Waals surface area (Å²) in [7, 11) is -1.39. The van der Waals surface area contributed by atoms with Crippen LogP contribution in [0, 0.1) is 11.8 Å². The van der Waals surface area contributed by atoms with Crippen LogP contribution in [0.2, 0.25) is 0 Å². The fourth-order valence-corrected chi connectivity index (χ4v) is 5.50. The minimum absolute atomic E-state index is 0.325. The van der Waals surface area contributed by atoms with Crippen molar-refractivity contribution < 1.29 is 31.5 Å². The molecule has 4 rings (SSSR count). The molecule has 0 unspecified atom stereocenters. The number of nitrogens with one attached hydrogen (secondary N) is 2. The summed E-state index contributed by atoms with van der Waals surface area (Å²) >= 11 is 0. The Kier molecular flexibility index (Phi) is 10.7. The molecule has 1 aliphatic rings. The number of aromatic nitrogens is 2. The van der Waals surface area contributed by atoms with Gasteiger partial charge in [0.25, 0.3) is 0 Å². The number of hydrogen-bond acceptors (Lipinski definition) is 7. The van der Waals surface area contributed by atoms with Gasteiger partial charge >= 0.3 is 12.1 Å². The zero-order valence-electron chi connectivity index (χ0n) is 22.4. The molecule has 3 aromatic rings. The minimum Gasteiger partial charge on any atom is -0.475 e. The van der Waals surface area contributed by atoms with Gasteiger partial charge in [0.1, 0.15) is 5.82 Å². The van der Waals surface area contributed by atoms with E-state index in [4.69, 9.17) is 19.9 Å². The Morgan fingerprint density at radius 2 is 1.52 bits per heavy atom. The fraction of sp³-hybridized carbons (Fsp3) is 0.444. The van der Waals surface area contributed by atoms with Gasteiger partial charge in [-0.3, -0.25) is 0 Å². The summed E-state index contributed by atoms with van der Waals surface area (Å²) < 4.78 is 59.4. The minimum atomic E-state index is -5.08. The number of alkyl halides is 3.